The number of aromatic hydroxyl groups is 1. The minimum atomic E-state index is -0.614. The van der Waals surface area contributed by atoms with Gasteiger partial charge in [0.25, 0.3) is 0 Å². The van der Waals surface area contributed by atoms with Crippen molar-refractivity contribution in [2.45, 2.75) is 25.9 Å². The van der Waals surface area contributed by atoms with Gasteiger partial charge in [-0.25, -0.2) is 4.79 Å². The Hall–Kier alpha value is -5.30. The van der Waals surface area contributed by atoms with Gasteiger partial charge in [-0.05, 0) is 59.9 Å². The Labute approximate surface area is 244 Å². The molecule has 5 aromatic carbocycles. The van der Waals surface area contributed by atoms with E-state index in [-0.39, 0.29) is 17.6 Å². The molecule has 0 aromatic heterocycles. The van der Waals surface area contributed by atoms with Crippen LogP contribution in [0.1, 0.15) is 31.4 Å². The minimum Gasteiger partial charge on any atom is -0.507 e. The molecule has 2 amide bonds. The molecule has 42 heavy (non-hydrogen) atoms. The fourth-order valence-corrected chi connectivity index (χ4v) is 5.12. The molecule has 5 N–H and O–H groups in total. The van der Waals surface area contributed by atoms with Crippen LogP contribution in [-0.2, 0) is 9.53 Å². The van der Waals surface area contributed by atoms with E-state index in [9.17, 15) is 14.7 Å². The lowest BCUT2D eigenvalue weighted by Gasteiger charge is -2.26. The first kappa shape index (κ1) is 28.2. The van der Waals surface area contributed by atoms with E-state index in [1.54, 1.807) is 42.5 Å². The number of fused-ring (bicyclic) bond motifs is 2. The predicted octanol–water partition coefficient (Wildman–Crippen LogP) is 8.18. The molecule has 0 heterocycles. The summed E-state index contributed by atoms with van der Waals surface area (Å²) in [4.78, 5) is 25.7. The Balaban J connectivity index is 1.34. The second-order valence-electron chi connectivity index (χ2n) is 10.2. The SMILES string of the molecule is C[C@H](CC/C=C/C(=O)Nc1ccccc1N)[C@@H](OC(=O)Nc1cccc2ccccc12)c1ccc(O)c2ccccc12. The number of nitrogens with one attached hydrogen (secondary N) is 2. The Kier molecular flexibility index (Phi) is 8.68. The van der Waals surface area contributed by atoms with E-state index >= 15 is 0 Å². The number of allylic oxidation sites excluding steroid dienone is 1. The zero-order valence-corrected chi connectivity index (χ0v) is 23.3. The lowest BCUT2D eigenvalue weighted by Crippen LogP contribution is -2.22. The third-order valence-corrected chi connectivity index (χ3v) is 7.30. The number of amides is 2. The Morgan fingerprint density at radius 2 is 1.48 bits per heavy atom. The number of nitrogen functional groups attached to an aromatic ring is 1. The first-order valence-corrected chi connectivity index (χ1v) is 13.9. The summed E-state index contributed by atoms with van der Waals surface area (Å²) in [6, 6.07) is 31.6. The first-order chi connectivity index (χ1) is 20.4. The van der Waals surface area contributed by atoms with Crippen molar-refractivity contribution in [2.24, 2.45) is 5.92 Å². The van der Waals surface area contributed by atoms with Crippen LogP contribution >= 0.6 is 0 Å². The maximum absolute atomic E-state index is 13.3. The van der Waals surface area contributed by atoms with E-state index in [1.165, 1.54) is 6.08 Å². The van der Waals surface area contributed by atoms with Gasteiger partial charge < -0.3 is 20.9 Å². The maximum atomic E-state index is 13.3. The van der Waals surface area contributed by atoms with Crippen molar-refractivity contribution in [1.82, 2.24) is 0 Å². The van der Waals surface area contributed by atoms with Gasteiger partial charge in [0, 0.05) is 16.3 Å². The number of carbonyl (C=O) groups excluding carboxylic acids is 2. The number of rotatable bonds is 9. The normalized spacial score (nSPS) is 12.7. The highest BCUT2D eigenvalue weighted by Crippen LogP contribution is 2.37. The molecule has 0 aliphatic carbocycles. The minimum absolute atomic E-state index is 0.117. The standard InChI is InChI=1S/C35H33N3O4/c1-23(11-2-9-20-33(40)37-31-18-8-7-17-29(31)36)34(28-21-22-32(39)27-16-6-5-15-26(27)28)42-35(41)38-30-19-10-13-24-12-3-4-14-25(24)30/h3-10,12-23,34,39H,2,11,36H2,1H3,(H,37,40)(H,38,41)/b20-9+/t23-,34-/m1/s1. The van der Waals surface area contributed by atoms with E-state index in [0.29, 0.717) is 35.3 Å². The third kappa shape index (κ3) is 6.53. The van der Waals surface area contributed by atoms with Gasteiger partial charge in [-0.1, -0.05) is 91.9 Å². The average molecular weight is 560 g/mol. The summed E-state index contributed by atoms with van der Waals surface area (Å²) >= 11 is 0. The third-order valence-electron chi connectivity index (χ3n) is 7.30. The molecular weight excluding hydrogens is 526 g/mol. The number of carbonyl (C=O) groups is 2. The summed E-state index contributed by atoms with van der Waals surface area (Å²) in [6.07, 6.45) is 3.32. The quantitative estimate of drug-likeness (QED) is 0.107. The zero-order valence-electron chi connectivity index (χ0n) is 23.3. The fourth-order valence-electron chi connectivity index (χ4n) is 5.12. The van der Waals surface area contributed by atoms with Crippen molar-refractivity contribution >= 4 is 50.6 Å². The van der Waals surface area contributed by atoms with Crippen molar-refractivity contribution in [1.29, 1.82) is 0 Å². The topological polar surface area (TPSA) is 114 Å². The highest BCUT2D eigenvalue weighted by molar-refractivity contribution is 6.01. The summed E-state index contributed by atoms with van der Waals surface area (Å²) in [5.74, 6) is -0.227. The van der Waals surface area contributed by atoms with E-state index in [2.05, 4.69) is 10.6 Å². The molecule has 0 saturated carbocycles. The molecule has 7 heteroatoms. The number of hydrogen-bond acceptors (Lipinski definition) is 5. The van der Waals surface area contributed by atoms with Crippen molar-refractivity contribution < 1.29 is 19.4 Å². The molecule has 0 aliphatic heterocycles. The number of phenolic OH excluding ortho intramolecular Hbond substituents is 1. The van der Waals surface area contributed by atoms with E-state index in [1.807, 2.05) is 73.7 Å². The van der Waals surface area contributed by atoms with Crippen LogP contribution in [0, 0.1) is 5.92 Å². The molecule has 0 saturated heterocycles. The largest absolute Gasteiger partial charge is 0.507 e. The van der Waals surface area contributed by atoms with Crippen LogP contribution in [0.25, 0.3) is 21.5 Å². The fraction of sp³-hybridized carbons (Fsp3) is 0.143. The highest BCUT2D eigenvalue weighted by Gasteiger charge is 2.26. The number of para-hydroxylation sites is 2. The molecule has 0 radical (unpaired) electrons. The Morgan fingerprint density at radius 1 is 0.810 bits per heavy atom. The first-order valence-electron chi connectivity index (χ1n) is 13.9. The molecule has 0 unspecified atom stereocenters. The molecule has 5 aromatic rings. The number of nitrogens with two attached hydrogens (primary N) is 1. The molecule has 2 atom stereocenters. The summed E-state index contributed by atoms with van der Waals surface area (Å²) < 4.78 is 6.12. The molecule has 0 fully saturated rings. The van der Waals surface area contributed by atoms with Gasteiger partial charge >= 0.3 is 6.09 Å². The second-order valence-corrected chi connectivity index (χ2v) is 10.2. The summed E-state index contributed by atoms with van der Waals surface area (Å²) in [5, 5.41) is 19.6. The van der Waals surface area contributed by atoms with Gasteiger partial charge in [0.1, 0.15) is 11.9 Å². The van der Waals surface area contributed by atoms with Gasteiger partial charge in [0.2, 0.25) is 5.91 Å². The number of phenols is 1. The zero-order chi connectivity index (χ0) is 29.5. The molecule has 0 aliphatic rings. The van der Waals surface area contributed by atoms with E-state index in [0.717, 1.165) is 21.7 Å². The Bertz CT molecular complexity index is 1760. The molecular formula is C35H33N3O4. The summed E-state index contributed by atoms with van der Waals surface area (Å²) in [7, 11) is 0. The van der Waals surface area contributed by atoms with Crippen LogP contribution in [0.4, 0.5) is 21.9 Å². The van der Waals surface area contributed by atoms with Gasteiger partial charge in [-0.3, -0.25) is 10.1 Å². The van der Waals surface area contributed by atoms with Crippen molar-refractivity contribution in [3.05, 3.63) is 121 Å². The summed E-state index contributed by atoms with van der Waals surface area (Å²) in [6.45, 7) is 2.01. The van der Waals surface area contributed by atoms with Gasteiger partial charge in [-0.2, -0.15) is 0 Å². The lowest BCUT2D eigenvalue weighted by molar-refractivity contribution is -0.111. The van der Waals surface area contributed by atoms with Gasteiger partial charge in [0.05, 0.1) is 17.1 Å². The number of benzene rings is 5. The maximum Gasteiger partial charge on any atom is 0.412 e. The lowest BCUT2D eigenvalue weighted by atomic mass is 9.89. The van der Waals surface area contributed by atoms with Crippen molar-refractivity contribution in [3.63, 3.8) is 0 Å². The van der Waals surface area contributed by atoms with Crippen LogP contribution in [0.15, 0.2) is 115 Å². The van der Waals surface area contributed by atoms with Gasteiger partial charge in [-0.15, -0.1) is 0 Å². The van der Waals surface area contributed by atoms with Crippen LogP contribution in [0.3, 0.4) is 0 Å². The molecule has 7 nitrogen and oxygen atoms in total. The monoisotopic (exact) mass is 559 g/mol. The van der Waals surface area contributed by atoms with Crippen molar-refractivity contribution in [2.75, 3.05) is 16.4 Å². The molecule has 212 valence electrons. The molecule has 5 rings (SSSR count). The van der Waals surface area contributed by atoms with E-state index in [4.69, 9.17) is 10.5 Å². The van der Waals surface area contributed by atoms with Crippen LogP contribution in [-0.4, -0.2) is 17.1 Å². The summed E-state index contributed by atoms with van der Waals surface area (Å²) in [5.41, 5.74) is 8.43. The second kappa shape index (κ2) is 12.9. The van der Waals surface area contributed by atoms with Crippen LogP contribution in [0.2, 0.25) is 0 Å². The van der Waals surface area contributed by atoms with Crippen LogP contribution < -0.4 is 16.4 Å². The smallest absolute Gasteiger partial charge is 0.412 e. The Morgan fingerprint density at radius 3 is 2.29 bits per heavy atom. The van der Waals surface area contributed by atoms with E-state index < -0.39 is 12.2 Å². The van der Waals surface area contributed by atoms with Crippen molar-refractivity contribution in [3.8, 4) is 5.75 Å². The number of anilines is 3. The van der Waals surface area contributed by atoms with Gasteiger partial charge in [0.15, 0.2) is 0 Å². The number of hydrogen-bond donors (Lipinski definition) is 4. The average Bonchev–Trinajstić information content (AvgIpc) is 3.00. The highest BCUT2D eigenvalue weighted by atomic mass is 16.6. The number of ether oxygens (including phenoxy) is 1. The molecule has 0 bridgehead atoms. The van der Waals surface area contributed by atoms with Crippen LogP contribution in [0.5, 0.6) is 5.75 Å². The molecule has 0 spiro atoms. The predicted molar refractivity (Wildman–Crippen MR) is 169 cm³/mol.